The Balaban J connectivity index is 2.23. The maximum atomic E-state index is 13.0. The van der Waals surface area contributed by atoms with Crippen LogP contribution in [-0.4, -0.2) is 23.0 Å². The average molecular weight is 279 g/mol. The zero-order valence-corrected chi connectivity index (χ0v) is 10.8. The van der Waals surface area contributed by atoms with Crippen LogP contribution < -0.4 is 10.1 Å². The number of nitrogens with zero attached hydrogens (tertiary/aromatic N) is 2. The zero-order valence-electron chi connectivity index (χ0n) is 10.8. The Morgan fingerprint density at radius 3 is 2.45 bits per heavy atom. The van der Waals surface area contributed by atoms with E-state index >= 15 is 0 Å². The van der Waals surface area contributed by atoms with Gasteiger partial charge in [0.2, 0.25) is 0 Å². The van der Waals surface area contributed by atoms with Gasteiger partial charge in [0.1, 0.15) is 11.6 Å². The van der Waals surface area contributed by atoms with Crippen molar-refractivity contribution in [1.29, 1.82) is 0 Å². The highest BCUT2D eigenvalue weighted by molar-refractivity contribution is 6.04. The molecule has 7 heteroatoms. The second-order valence-electron chi connectivity index (χ2n) is 3.97. The quantitative estimate of drug-likeness (QED) is 0.936. The molecular formula is C13H11F2N3O2. The molecule has 1 aromatic heterocycles. The third-order valence-electron chi connectivity index (χ3n) is 2.50. The summed E-state index contributed by atoms with van der Waals surface area (Å²) in [6.07, 6.45) is 1.28. The lowest BCUT2D eigenvalue weighted by Crippen LogP contribution is -2.15. The van der Waals surface area contributed by atoms with Gasteiger partial charge in [0, 0.05) is 18.0 Å². The van der Waals surface area contributed by atoms with Gasteiger partial charge in [-0.05, 0) is 19.1 Å². The molecule has 0 unspecified atom stereocenters. The second kappa shape index (κ2) is 5.60. The highest BCUT2D eigenvalue weighted by Crippen LogP contribution is 2.15. The number of amides is 1. The van der Waals surface area contributed by atoms with Gasteiger partial charge >= 0.3 is 6.01 Å². The highest BCUT2D eigenvalue weighted by atomic mass is 19.1. The van der Waals surface area contributed by atoms with Crippen molar-refractivity contribution in [2.24, 2.45) is 0 Å². The second-order valence-corrected chi connectivity index (χ2v) is 3.97. The van der Waals surface area contributed by atoms with Crippen molar-refractivity contribution in [2.75, 3.05) is 12.4 Å². The number of halogens is 2. The third kappa shape index (κ3) is 3.05. The minimum Gasteiger partial charge on any atom is -0.467 e. The number of hydrogen-bond donors (Lipinski definition) is 1. The molecular weight excluding hydrogens is 268 g/mol. The predicted octanol–water partition coefficient (Wildman–Crippen LogP) is 2.32. The molecule has 0 saturated heterocycles. The fourth-order valence-electron chi connectivity index (χ4n) is 1.59. The SMILES string of the molecule is COc1ncc(C(=O)Nc2cc(F)cc(F)c2)c(C)n1. The van der Waals surface area contributed by atoms with Crippen molar-refractivity contribution in [3.8, 4) is 6.01 Å². The lowest BCUT2D eigenvalue weighted by molar-refractivity contribution is 0.102. The number of aryl methyl sites for hydroxylation is 1. The average Bonchev–Trinajstić information content (AvgIpc) is 2.36. The summed E-state index contributed by atoms with van der Waals surface area (Å²) in [7, 11) is 1.41. The van der Waals surface area contributed by atoms with E-state index in [1.807, 2.05) is 0 Å². The van der Waals surface area contributed by atoms with Gasteiger partial charge in [-0.25, -0.2) is 13.8 Å². The van der Waals surface area contributed by atoms with Crippen LogP contribution in [0.5, 0.6) is 6.01 Å². The topological polar surface area (TPSA) is 64.1 Å². The van der Waals surface area contributed by atoms with Crippen LogP contribution in [0.2, 0.25) is 0 Å². The first-order valence-corrected chi connectivity index (χ1v) is 5.64. The number of benzene rings is 1. The molecule has 0 spiro atoms. The number of carbonyl (C=O) groups excluding carboxylic acids is 1. The minimum absolute atomic E-state index is 0.0164. The minimum atomic E-state index is -0.775. The van der Waals surface area contributed by atoms with E-state index in [9.17, 15) is 13.6 Å². The normalized spacial score (nSPS) is 10.2. The van der Waals surface area contributed by atoms with Crippen LogP contribution >= 0.6 is 0 Å². The maximum Gasteiger partial charge on any atom is 0.316 e. The molecule has 2 aromatic rings. The van der Waals surface area contributed by atoms with Crippen LogP contribution in [0.4, 0.5) is 14.5 Å². The lowest BCUT2D eigenvalue weighted by Gasteiger charge is -2.08. The van der Waals surface area contributed by atoms with Gasteiger partial charge in [0.05, 0.1) is 18.4 Å². The Labute approximate surface area is 113 Å². The molecule has 0 atom stereocenters. The van der Waals surface area contributed by atoms with E-state index in [-0.39, 0.29) is 17.3 Å². The summed E-state index contributed by atoms with van der Waals surface area (Å²) >= 11 is 0. The van der Waals surface area contributed by atoms with Crippen LogP contribution in [0.15, 0.2) is 24.4 Å². The molecule has 0 aliphatic carbocycles. The molecule has 20 heavy (non-hydrogen) atoms. The number of methoxy groups -OCH3 is 1. The predicted molar refractivity (Wildman–Crippen MR) is 67.6 cm³/mol. The van der Waals surface area contributed by atoms with E-state index in [0.717, 1.165) is 18.2 Å². The van der Waals surface area contributed by atoms with E-state index in [4.69, 9.17) is 4.74 Å². The Kier molecular flexibility index (Phi) is 3.88. The molecule has 0 aliphatic heterocycles. The van der Waals surface area contributed by atoms with Crippen LogP contribution in [0.1, 0.15) is 16.1 Å². The molecule has 0 aliphatic rings. The van der Waals surface area contributed by atoms with Gasteiger partial charge in [-0.2, -0.15) is 4.98 Å². The van der Waals surface area contributed by atoms with Gasteiger partial charge in [0.25, 0.3) is 5.91 Å². The van der Waals surface area contributed by atoms with E-state index < -0.39 is 17.5 Å². The number of ether oxygens (including phenoxy) is 1. The smallest absolute Gasteiger partial charge is 0.316 e. The largest absolute Gasteiger partial charge is 0.467 e. The number of hydrogen-bond acceptors (Lipinski definition) is 4. The first-order chi connectivity index (χ1) is 9.49. The van der Waals surface area contributed by atoms with E-state index in [0.29, 0.717) is 5.69 Å². The number of anilines is 1. The first-order valence-electron chi connectivity index (χ1n) is 5.64. The number of rotatable bonds is 3. The van der Waals surface area contributed by atoms with Crippen molar-refractivity contribution in [3.05, 3.63) is 47.3 Å². The maximum absolute atomic E-state index is 13.0. The van der Waals surface area contributed by atoms with Crippen LogP contribution in [-0.2, 0) is 0 Å². The molecule has 0 bridgehead atoms. The van der Waals surface area contributed by atoms with Crippen LogP contribution in [0.25, 0.3) is 0 Å². The molecule has 1 amide bonds. The van der Waals surface area contributed by atoms with Crippen LogP contribution in [0, 0.1) is 18.6 Å². The van der Waals surface area contributed by atoms with Gasteiger partial charge in [-0.3, -0.25) is 4.79 Å². The molecule has 1 N–H and O–H groups in total. The van der Waals surface area contributed by atoms with Gasteiger partial charge in [-0.1, -0.05) is 0 Å². The van der Waals surface area contributed by atoms with E-state index in [1.54, 1.807) is 6.92 Å². The van der Waals surface area contributed by atoms with Gasteiger partial charge < -0.3 is 10.1 Å². The summed E-state index contributed by atoms with van der Waals surface area (Å²) in [6.45, 7) is 1.60. The monoisotopic (exact) mass is 279 g/mol. The Morgan fingerprint density at radius 2 is 1.90 bits per heavy atom. The van der Waals surface area contributed by atoms with Crippen molar-refractivity contribution >= 4 is 11.6 Å². The van der Waals surface area contributed by atoms with Gasteiger partial charge in [0.15, 0.2) is 0 Å². The Hall–Kier alpha value is -2.57. The highest BCUT2D eigenvalue weighted by Gasteiger charge is 2.13. The number of aromatic nitrogens is 2. The van der Waals surface area contributed by atoms with Crippen molar-refractivity contribution < 1.29 is 18.3 Å². The molecule has 0 radical (unpaired) electrons. The summed E-state index contributed by atoms with van der Waals surface area (Å²) in [5.74, 6) is -2.11. The molecule has 2 rings (SSSR count). The van der Waals surface area contributed by atoms with Gasteiger partial charge in [-0.15, -0.1) is 0 Å². The zero-order chi connectivity index (χ0) is 14.7. The summed E-state index contributed by atoms with van der Waals surface area (Å²) in [6, 6.07) is 2.88. The van der Waals surface area contributed by atoms with Crippen LogP contribution in [0.3, 0.4) is 0 Å². The Morgan fingerprint density at radius 1 is 1.25 bits per heavy atom. The van der Waals surface area contributed by atoms with Crippen molar-refractivity contribution in [3.63, 3.8) is 0 Å². The molecule has 5 nitrogen and oxygen atoms in total. The van der Waals surface area contributed by atoms with E-state index in [1.165, 1.54) is 13.3 Å². The Bertz CT molecular complexity index is 642. The summed E-state index contributed by atoms with van der Waals surface area (Å²) < 4.78 is 30.9. The third-order valence-corrected chi connectivity index (χ3v) is 2.50. The fraction of sp³-hybridized carbons (Fsp3) is 0.154. The summed E-state index contributed by atoms with van der Waals surface area (Å²) in [5, 5.41) is 2.38. The van der Waals surface area contributed by atoms with Crippen molar-refractivity contribution in [1.82, 2.24) is 9.97 Å². The standard InChI is InChI=1S/C13H11F2N3O2/c1-7-11(6-16-13(17-7)20-2)12(19)18-10-4-8(14)3-9(15)5-10/h3-6H,1-2H3,(H,18,19). The summed E-state index contributed by atoms with van der Waals surface area (Å²) in [4.78, 5) is 19.7. The molecule has 0 fully saturated rings. The molecule has 1 heterocycles. The van der Waals surface area contributed by atoms with E-state index in [2.05, 4.69) is 15.3 Å². The first kappa shape index (κ1) is 13.9. The fourth-order valence-corrected chi connectivity index (χ4v) is 1.59. The number of nitrogens with one attached hydrogen (secondary N) is 1. The van der Waals surface area contributed by atoms with Crippen molar-refractivity contribution in [2.45, 2.75) is 6.92 Å². The molecule has 0 saturated carbocycles. The molecule has 104 valence electrons. The lowest BCUT2D eigenvalue weighted by atomic mass is 10.2. The number of carbonyl (C=O) groups is 1. The summed E-state index contributed by atoms with van der Waals surface area (Å²) in [5.41, 5.74) is 0.601. The molecule has 1 aromatic carbocycles.